The summed E-state index contributed by atoms with van der Waals surface area (Å²) in [5.41, 5.74) is 0. The van der Waals surface area contributed by atoms with Gasteiger partial charge in [0, 0.05) is 21.1 Å². The minimum Gasteiger partial charge on any atom is -0.504 e. The molecule has 0 spiro atoms. The number of allylic oxidation sites excluding steroid dienone is 1. The predicted octanol–water partition coefficient (Wildman–Crippen LogP) is 1.38. The van der Waals surface area contributed by atoms with Gasteiger partial charge in [-0.3, -0.25) is 6.58 Å². The molecular formula is C4H7W-. The molecule has 0 fully saturated rings. The quantitative estimate of drug-likeness (QED) is 0.606. The molecule has 0 saturated heterocycles. The molecule has 0 saturated carbocycles. The van der Waals surface area contributed by atoms with Crippen LogP contribution in [0.5, 0.6) is 0 Å². The Balaban J connectivity index is 0. The normalized spacial score (nSPS) is 5.00. The van der Waals surface area contributed by atoms with Crippen molar-refractivity contribution in [2.75, 3.05) is 0 Å². The van der Waals surface area contributed by atoms with Crippen LogP contribution in [0.2, 0.25) is 0 Å². The standard InChI is InChI=1S/C4H7.W/c1-3-4-2;/h1,4H2,2H3;/q-1;. The predicted molar refractivity (Wildman–Crippen MR) is 19.2 cm³/mol. The Hall–Kier alpha value is 0.428. The van der Waals surface area contributed by atoms with Gasteiger partial charge in [0.05, 0.1) is 0 Å². The second-order valence-electron chi connectivity index (χ2n) is 0.604. The molecule has 0 aliphatic rings. The average molecular weight is 239 g/mol. The first-order valence-electron chi connectivity index (χ1n) is 1.41. The zero-order valence-corrected chi connectivity index (χ0v) is 6.26. The molecule has 0 nitrogen and oxygen atoms in total. The zero-order chi connectivity index (χ0) is 3.41. The molecule has 1 heteroatoms. The van der Waals surface area contributed by atoms with Crippen LogP contribution in [-0.4, -0.2) is 0 Å². The van der Waals surface area contributed by atoms with Gasteiger partial charge in [0.25, 0.3) is 0 Å². The van der Waals surface area contributed by atoms with Crippen molar-refractivity contribution in [3.63, 3.8) is 0 Å². The van der Waals surface area contributed by atoms with Gasteiger partial charge < -0.3 is 6.08 Å². The van der Waals surface area contributed by atoms with Crippen LogP contribution in [0.25, 0.3) is 0 Å². The minimum absolute atomic E-state index is 0. The first kappa shape index (κ1) is 9.06. The molecule has 0 heterocycles. The summed E-state index contributed by atoms with van der Waals surface area (Å²) < 4.78 is 0. The van der Waals surface area contributed by atoms with Gasteiger partial charge in [-0.2, -0.15) is 6.42 Å². The molecule has 0 radical (unpaired) electrons. The van der Waals surface area contributed by atoms with Crippen molar-refractivity contribution in [3.05, 3.63) is 12.7 Å². The van der Waals surface area contributed by atoms with Gasteiger partial charge in [-0.1, -0.05) is 6.92 Å². The summed E-state index contributed by atoms with van der Waals surface area (Å²) >= 11 is 0. The smallest absolute Gasteiger partial charge is 0 e. The summed E-state index contributed by atoms with van der Waals surface area (Å²) in [6.07, 6.45) is 3.64. The van der Waals surface area contributed by atoms with Crippen molar-refractivity contribution >= 4 is 0 Å². The van der Waals surface area contributed by atoms with Crippen molar-refractivity contribution in [2.24, 2.45) is 0 Å². The molecule has 0 rings (SSSR count). The van der Waals surface area contributed by atoms with Crippen molar-refractivity contribution in [1.29, 1.82) is 0 Å². The summed E-state index contributed by atoms with van der Waals surface area (Å²) in [6, 6.07) is 0. The fourth-order valence-corrected chi connectivity index (χ4v) is 0. The molecule has 0 unspecified atom stereocenters. The molecule has 0 bridgehead atoms. The fraction of sp³-hybridized carbons (Fsp3) is 0.500. The largest absolute Gasteiger partial charge is 0.504 e. The topological polar surface area (TPSA) is 0 Å². The van der Waals surface area contributed by atoms with E-state index in [2.05, 4.69) is 12.7 Å². The van der Waals surface area contributed by atoms with E-state index in [0.29, 0.717) is 0 Å². The molecule has 0 amide bonds. The van der Waals surface area contributed by atoms with Crippen LogP contribution in [0.4, 0.5) is 0 Å². The van der Waals surface area contributed by atoms with E-state index in [0.717, 1.165) is 6.42 Å². The fourth-order valence-electron chi connectivity index (χ4n) is 0. The van der Waals surface area contributed by atoms with Gasteiger partial charge in [-0.05, 0) is 0 Å². The number of hydrogen-bond donors (Lipinski definition) is 0. The minimum atomic E-state index is 0. The maximum atomic E-state index is 3.35. The molecule has 0 aromatic heterocycles. The van der Waals surface area contributed by atoms with E-state index in [9.17, 15) is 0 Å². The van der Waals surface area contributed by atoms with Crippen LogP contribution in [-0.2, 0) is 21.1 Å². The summed E-state index contributed by atoms with van der Waals surface area (Å²) in [5, 5.41) is 0. The Morgan fingerprint density at radius 2 is 2.00 bits per heavy atom. The van der Waals surface area contributed by atoms with Crippen LogP contribution in [0.3, 0.4) is 0 Å². The molecule has 0 aromatic carbocycles. The van der Waals surface area contributed by atoms with E-state index in [1.165, 1.54) is 0 Å². The second kappa shape index (κ2) is 8.83. The summed E-state index contributed by atoms with van der Waals surface area (Å²) in [7, 11) is 0. The number of rotatable bonds is 1. The SMILES string of the molecule is C=[C-]CC.[W]. The van der Waals surface area contributed by atoms with E-state index in [1.807, 2.05) is 6.92 Å². The van der Waals surface area contributed by atoms with E-state index in [1.54, 1.807) is 0 Å². The van der Waals surface area contributed by atoms with E-state index in [-0.39, 0.29) is 21.1 Å². The third-order valence-corrected chi connectivity index (χ3v) is 0.250. The summed E-state index contributed by atoms with van der Waals surface area (Å²) in [5.74, 6) is 0. The number of hydrogen-bond acceptors (Lipinski definition) is 0. The van der Waals surface area contributed by atoms with Crippen LogP contribution in [0, 0.1) is 6.08 Å². The van der Waals surface area contributed by atoms with Gasteiger partial charge in [-0.15, -0.1) is 0 Å². The van der Waals surface area contributed by atoms with Gasteiger partial charge >= 0.3 is 0 Å². The van der Waals surface area contributed by atoms with Gasteiger partial charge in [0.1, 0.15) is 0 Å². The molecule has 30 valence electrons. The first-order chi connectivity index (χ1) is 1.91. The Labute approximate surface area is 47.5 Å². The Bertz CT molecular complexity index is 17.6. The molecule has 0 aliphatic carbocycles. The summed E-state index contributed by atoms with van der Waals surface area (Å²) in [4.78, 5) is 0. The van der Waals surface area contributed by atoms with Crippen LogP contribution >= 0.6 is 0 Å². The first-order valence-corrected chi connectivity index (χ1v) is 1.41. The molecular weight excluding hydrogens is 232 g/mol. The average Bonchev–Trinajstić information content (AvgIpc) is 1.37. The van der Waals surface area contributed by atoms with E-state index < -0.39 is 0 Å². The van der Waals surface area contributed by atoms with Crippen LogP contribution in [0.1, 0.15) is 13.3 Å². The van der Waals surface area contributed by atoms with Crippen molar-refractivity contribution in [2.45, 2.75) is 13.3 Å². The zero-order valence-electron chi connectivity index (χ0n) is 3.32. The molecule has 0 aromatic rings. The maximum absolute atomic E-state index is 3.35. The maximum Gasteiger partial charge on any atom is 0 e. The molecule has 0 aliphatic heterocycles. The van der Waals surface area contributed by atoms with E-state index >= 15 is 0 Å². The Morgan fingerprint density at radius 1 is 1.80 bits per heavy atom. The van der Waals surface area contributed by atoms with Crippen molar-refractivity contribution in [3.8, 4) is 0 Å². The van der Waals surface area contributed by atoms with Crippen molar-refractivity contribution < 1.29 is 21.1 Å². The van der Waals surface area contributed by atoms with Gasteiger partial charge in [0.15, 0.2) is 0 Å². The van der Waals surface area contributed by atoms with Crippen LogP contribution in [0.15, 0.2) is 6.58 Å². The molecule has 0 atom stereocenters. The third-order valence-electron chi connectivity index (χ3n) is 0.250. The second-order valence-corrected chi connectivity index (χ2v) is 0.604. The van der Waals surface area contributed by atoms with Gasteiger partial charge in [0.2, 0.25) is 0 Å². The summed E-state index contributed by atoms with van der Waals surface area (Å²) in [6.45, 7) is 5.36. The third kappa shape index (κ3) is 12.8. The Kier molecular flexibility index (Phi) is 16.0. The Morgan fingerprint density at radius 3 is 2.00 bits per heavy atom. The molecule has 5 heavy (non-hydrogen) atoms. The molecule has 0 N–H and O–H groups in total. The van der Waals surface area contributed by atoms with Crippen molar-refractivity contribution in [1.82, 2.24) is 0 Å². The monoisotopic (exact) mass is 239 g/mol. The van der Waals surface area contributed by atoms with Crippen LogP contribution < -0.4 is 0 Å². The van der Waals surface area contributed by atoms with Gasteiger partial charge in [-0.25, -0.2) is 0 Å². The van der Waals surface area contributed by atoms with E-state index in [4.69, 9.17) is 0 Å².